The molecule has 0 aliphatic carbocycles. The van der Waals surface area contributed by atoms with Gasteiger partial charge in [0.1, 0.15) is 0 Å². The minimum absolute atomic E-state index is 0.104. The van der Waals surface area contributed by atoms with Gasteiger partial charge >= 0.3 is 0 Å². The van der Waals surface area contributed by atoms with Crippen molar-refractivity contribution in [2.75, 3.05) is 13.6 Å². The minimum atomic E-state index is -0.498. The molecule has 0 aliphatic heterocycles. The Hall–Kier alpha value is -2.10. The molecule has 3 rings (SSSR count). The second kappa shape index (κ2) is 6.34. The Balaban J connectivity index is 2.16. The summed E-state index contributed by atoms with van der Waals surface area (Å²) in [6.45, 7) is 2.66. The molecule has 3 nitrogen and oxygen atoms in total. The number of hydrogen-bond acceptors (Lipinski definition) is 2. The van der Waals surface area contributed by atoms with Crippen LogP contribution in [0.2, 0.25) is 0 Å². The number of fused-ring (bicyclic) bond motifs is 1. The summed E-state index contributed by atoms with van der Waals surface area (Å²) in [7, 11) is 1.87. The fourth-order valence-corrected chi connectivity index (χ4v) is 3.15. The van der Waals surface area contributed by atoms with Crippen LogP contribution in [0.15, 0.2) is 60.8 Å². The van der Waals surface area contributed by atoms with E-state index in [1.807, 2.05) is 31.3 Å². The molecule has 0 bridgehead atoms. The van der Waals surface area contributed by atoms with Gasteiger partial charge in [-0.1, -0.05) is 48.5 Å². The van der Waals surface area contributed by atoms with Gasteiger partial charge in [-0.2, -0.15) is 0 Å². The maximum Gasteiger partial charge on any atom is 0.0912 e. The summed E-state index contributed by atoms with van der Waals surface area (Å²) >= 11 is 0. The third-order valence-electron chi connectivity index (χ3n) is 4.16. The Morgan fingerprint density at radius 1 is 1.05 bits per heavy atom. The van der Waals surface area contributed by atoms with E-state index in [0.717, 1.165) is 11.1 Å². The summed E-state index contributed by atoms with van der Waals surface area (Å²) < 4.78 is 2.20. The predicted octanol–water partition coefficient (Wildman–Crippen LogP) is 3.12. The van der Waals surface area contributed by atoms with E-state index in [-0.39, 0.29) is 6.04 Å². The largest absolute Gasteiger partial charge is 0.389 e. The van der Waals surface area contributed by atoms with E-state index in [0.29, 0.717) is 6.54 Å². The maximum absolute atomic E-state index is 10.7. The first-order chi connectivity index (χ1) is 10.7. The molecule has 0 amide bonds. The summed E-state index contributed by atoms with van der Waals surface area (Å²) in [5.41, 5.74) is 3.50. The van der Waals surface area contributed by atoms with E-state index in [2.05, 4.69) is 53.3 Å². The SMILES string of the molecule is CNC[C@H](O)[C@@H](c1ccccc1)n1cc(C)c2ccccc21. The van der Waals surface area contributed by atoms with Gasteiger partial charge in [-0.05, 0) is 31.2 Å². The second-order valence-corrected chi connectivity index (χ2v) is 5.72. The van der Waals surface area contributed by atoms with Crippen molar-refractivity contribution in [2.45, 2.75) is 19.1 Å². The topological polar surface area (TPSA) is 37.2 Å². The Morgan fingerprint density at radius 2 is 1.73 bits per heavy atom. The van der Waals surface area contributed by atoms with Gasteiger partial charge in [0, 0.05) is 23.6 Å². The second-order valence-electron chi connectivity index (χ2n) is 5.72. The van der Waals surface area contributed by atoms with E-state index < -0.39 is 6.10 Å². The van der Waals surface area contributed by atoms with Crippen LogP contribution >= 0.6 is 0 Å². The molecule has 3 heteroatoms. The molecule has 0 aliphatic rings. The third-order valence-corrected chi connectivity index (χ3v) is 4.16. The lowest BCUT2D eigenvalue weighted by atomic mass is 10.0. The smallest absolute Gasteiger partial charge is 0.0912 e. The summed E-state index contributed by atoms with van der Waals surface area (Å²) in [4.78, 5) is 0. The van der Waals surface area contributed by atoms with Gasteiger partial charge in [-0.3, -0.25) is 0 Å². The molecule has 2 aromatic carbocycles. The molecule has 1 heterocycles. The van der Waals surface area contributed by atoms with Gasteiger partial charge in [0.05, 0.1) is 12.1 Å². The molecule has 0 fully saturated rings. The van der Waals surface area contributed by atoms with E-state index in [1.165, 1.54) is 10.9 Å². The summed E-state index contributed by atoms with van der Waals surface area (Å²) in [6, 6.07) is 18.4. The molecule has 0 saturated heterocycles. The van der Waals surface area contributed by atoms with E-state index >= 15 is 0 Å². The first-order valence-corrected chi connectivity index (χ1v) is 7.66. The van der Waals surface area contributed by atoms with Gasteiger partial charge < -0.3 is 15.0 Å². The van der Waals surface area contributed by atoms with Crippen LogP contribution in [0.1, 0.15) is 17.2 Å². The molecule has 3 aromatic rings. The minimum Gasteiger partial charge on any atom is -0.389 e. The molecular formula is C19H22N2O. The number of aryl methyl sites for hydroxylation is 1. The van der Waals surface area contributed by atoms with Crippen molar-refractivity contribution in [1.82, 2.24) is 9.88 Å². The van der Waals surface area contributed by atoms with Gasteiger partial charge in [0.15, 0.2) is 0 Å². The normalized spacial score (nSPS) is 14.1. The fourth-order valence-electron chi connectivity index (χ4n) is 3.15. The van der Waals surface area contributed by atoms with Gasteiger partial charge in [0.25, 0.3) is 0 Å². The van der Waals surface area contributed by atoms with Crippen molar-refractivity contribution in [3.63, 3.8) is 0 Å². The molecule has 22 heavy (non-hydrogen) atoms. The van der Waals surface area contributed by atoms with Crippen LogP contribution in [-0.2, 0) is 0 Å². The number of nitrogens with zero attached hydrogens (tertiary/aromatic N) is 1. The summed E-state index contributed by atoms with van der Waals surface area (Å²) in [6.07, 6.45) is 1.64. The standard InChI is InChI=1S/C19H22N2O/c1-14-13-21(17-11-7-6-10-16(14)17)19(18(22)12-20-2)15-8-4-3-5-9-15/h3-11,13,18-20,22H,12H2,1-2H3/t18-,19+/m0/s1. The summed E-state index contributed by atoms with van der Waals surface area (Å²) in [5.74, 6) is 0. The van der Waals surface area contributed by atoms with Crippen molar-refractivity contribution in [3.8, 4) is 0 Å². The quantitative estimate of drug-likeness (QED) is 0.758. The molecule has 0 unspecified atom stereocenters. The number of aliphatic hydroxyl groups is 1. The van der Waals surface area contributed by atoms with E-state index in [4.69, 9.17) is 0 Å². The Labute approximate surface area is 131 Å². The zero-order valence-corrected chi connectivity index (χ0v) is 13.0. The van der Waals surface area contributed by atoms with E-state index in [1.54, 1.807) is 0 Å². The van der Waals surface area contributed by atoms with Crippen LogP contribution in [0.5, 0.6) is 0 Å². The number of aliphatic hydroxyl groups excluding tert-OH is 1. The highest BCUT2D eigenvalue weighted by molar-refractivity contribution is 5.84. The number of benzene rings is 2. The molecule has 0 saturated carbocycles. The molecule has 114 valence electrons. The number of hydrogen-bond donors (Lipinski definition) is 2. The highest BCUT2D eigenvalue weighted by Crippen LogP contribution is 2.29. The average molecular weight is 294 g/mol. The summed E-state index contributed by atoms with van der Waals surface area (Å²) in [5, 5.41) is 15.0. The molecule has 2 atom stereocenters. The first-order valence-electron chi connectivity index (χ1n) is 7.66. The Morgan fingerprint density at radius 3 is 2.45 bits per heavy atom. The number of nitrogens with one attached hydrogen (secondary N) is 1. The number of para-hydroxylation sites is 1. The van der Waals surface area contributed by atoms with Crippen molar-refractivity contribution in [2.24, 2.45) is 0 Å². The van der Waals surface area contributed by atoms with Crippen LogP contribution in [0.4, 0.5) is 0 Å². The maximum atomic E-state index is 10.7. The lowest BCUT2D eigenvalue weighted by molar-refractivity contribution is 0.132. The molecular weight excluding hydrogens is 272 g/mol. The van der Waals surface area contributed by atoms with Crippen molar-refractivity contribution >= 4 is 10.9 Å². The number of aromatic nitrogens is 1. The van der Waals surface area contributed by atoms with Crippen LogP contribution in [0.3, 0.4) is 0 Å². The fraction of sp³-hybridized carbons (Fsp3) is 0.263. The highest BCUT2D eigenvalue weighted by atomic mass is 16.3. The molecule has 0 spiro atoms. The Bertz CT molecular complexity index is 748. The third kappa shape index (κ3) is 2.65. The van der Waals surface area contributed by atoms with Crippen molar-refractivity contribution in [1.29, 1.82) is 0 Å². The van der Waals surface area contributed by atoms with Crippen molar-refractivity contribution in [3.05, 3.63) is 71.9 Å². The van der Waals surface area contributed by atoms with Crippen molar-refractivity contribution < 1.29 is 5.11 Å². The van der Waals surface area contributed by atoms with Gasteiger partial charge in [-0.25, -0.2) is 0 Å². The zero-order chi connectivity index (χ0) is 15.5. The lowest BCUT2D eigenvalue weighted by Crippen LogP contribution is -2.33. The zero-order valence-electron chi connectivity index (χ0n) is 13.0. The monoisotopic (exact) mass is 294 g/mol. The van der Waals surface area contributed by atoms with Gasteiger partial charge in [-0.15, -0.1) is 0 Å². The van der Waals surface area contributed by atoms with E-state index in [9.17, 15) is 5.11 Å². The first kappa shape index (κ1) is 14.8. The molecule has 1 aromatic heterocycles. The lowest BCUT2D eigenvalue weighted by Gasteiger charge is -2.26. The average Bonchev–Trinajstić information content (AvgIpc) is 2.86. The number of likely N-dealkylation sites (N-methyl/N-ethyl adjacent to an activating group) is 1. The highest BCUT2D eigenvalue weighted by Gasteiger charge is 2.24. The van der Waals surface area contributed by atoms with Crippen LogP contribution in [-0.4, -0.2) is 29.4 Å². The Kier molecular flexibility index (Phi) is 4.27. The predicted molar refractivity (Wildman–Crippen MR) is 91.2 cm³/mol. The molecule has 2 N–H and O–H groups in total. The number of rotatable bonds is 5. The van der Waals surface area contributed by atoms with Crippen LogP contribution in [0, 0.1) is 6.92 Å². The van der Waals surface area contributed by atoms with Gasteiger partial charge in [0.2, 0.25) is 0 Å². The van der Waals surface area contributed by atoms with Crippen LogP contribution < -0.4 is 5.32 Å². The van der Waals surface area contributed by atoms with Crippen LogP contribution in [0.25, 0.3) is 10.9 Å². The molecule has 0 radical (unpaired) electrons.